The zero-order valence-electron chi connectivity index (χ0n) is 15.9. The Morgan fingerprint density at radius 1 is 0.667 bits per heavy atom. The molecule has 0 saturated heterocycles. The van der Waals surface area contributed by atoms with Crippen LogP contribution in [-0.2, 0) is 0 Å². The Hall–Kier alpha value is -3.54. The molecule has 1 atom stereocenters. The summed E-state index contributed by atoms with van der Waals surface area (Å²) in [5.41, 5.74) is 2.46. The highest BCUT2D eigenvalue weighted by molar-refractivity contribution is 5.65. The van der Waals surface area contributed by atoms with E-state index in [9.17, 15) is 17.6 Å². The molecular weight excluding hydrogens is 392 g/mol. The van der Waals surface area contributed by atoms with Crippen molar-refractivity contribution in [3.63, 3.8) is 0 Å². The summed E-state index contributed by atoms with van der Waals surface area (Å²) in [6, 6.07) is 14.8. The first-order valence-electron chi connectivity index (χ1n) is 9.41. The van der Waals surface area contributed by atoms with Crippen LogP contribution in [0.2, 0.25) is 0 Å². The van der Waals surface area contributed by atoms with Crippen molar-refractivity contribution in [3.05, 3.63) is 107 Å². The minimum atomic E-state index is -0.700. The van der Waals surface area contributed by atoms with Crippen LogP contribution in [0.1, 0.15) is 17.3 Å². The van der Waals surface area contributed by atoms with Gasteiger partial charge in [0.1, 0.15) is 28.8 Å². The first kappa shape index (κ1) is 18.5. The van der Waals surface area contributed by atoms with Gasteiger partial charge in [0.25, 0.3) is 0 Å². The predicted molar refractivity (Wildman–Crippen MR) is 102 cm³/mol. The van der Waals surface area contributed by atoms with Crippen LogP contribution >= 0.6 is 0 Å². The van der Waals surface area contributed by atoms with Crippen molar-refractivity contribution in [2.75, 3.05) is 0 Å². The SMILES string of the molecule is Cc1cc(F)cc(F)c1-c1cccc[n+]1C1c2cc(F)cc(F)c2-c2cccc[n+]21. The van der Waals surface area contributed by atoms with Crippen molar-refractivity contribution in [2.45, 2.75) is 13.1 Å². The van der Waals surface area contributed by atoms with Crippen LogP contribution in [0, 0.1) is 30.2 Å². The van der Waals surface area contributed by atoms with Crippen LogP contribution in [0.5, 0.6) is 0 Å². The topological polar surface area (TPSA) is 7.76 Å². The van der Waals surface area contributed by atoms with Gasteiger partial charge >= 0.3 is 6.17 Å². The lowest BCUT2D eigenvalue weighted by Crippen LogP contribution is -2.57. The molecule has 0 bridgehead atoms. The molecule has 148 valence electrons. The van der Waals surface area contributed by atoms with E-state index < -0.39 is 29.4 Å². The van der Waals surface area contributed by atoms with E-state index in [2.05, 4.69) is 0 Å². The number of fused-ring (bicyclic) bond motifs is 3. The maximum absolute atomic E-state index is 14.8. The quantitative estimate of drug-likeness (QED) is 0.291. The molecule has 1 aliphatic rings. The Labute approximate surface area is 170 Å². The van der Waals surface area contributed by atoms with Crippen molar-refractivity contribution in [1.29, 1.82) is 0 Å². The molecule has 0 saturated carbocycles. The summed E-state index contributed by atoms with van der Waals surface area (Å²) < 4.78 is 61.0. The van der Waals surface area contributed by atoms with E-state index in [0.29, 0.717) is 28.1 Å². The Bertz CT molecular complexity index is 1290. The Kier molecular flexibility index (Phi) is 4.17. The van der Waals surface area contributed by atoms with Gasteiger partial charge in [-0.25, -0.2) is 17.6 Å². The third kappa shape index (κ3) is 2.71. The lowest BCUT2D eigenvalue weighted by Gasteiger charge is -2.11. The highest BCUT2D eigenvalue weighted by atomic mass is 19.1. The number of pyridine rings is 2. The van der Waals surface area contributed by atoms with Gasteiger partial charge in [-0.2, -0.15) is 0 Å². The Morgan fingerprint density at radius 3 is 1.80 bits per heavy atom. The third-order valence-corrected chi connectivity index (χ3v) is 5.44. The number of nitrogens with zero attached hydrogens (tertiary/aromatic N) is 2. The van der Waals surface area contributed by atoms with E-state index in [4.69, 9.17) is 0 Å². The van der Waals surface area contributed by atoms with Crippen molar-refractivity contribution >= 4 is 0 Å². The van der Waals surface area contributed by atoms with Crippen molar-refractivity contribution in [2.24, 2.45) is 0 Å². The minimum Gasteiger partial charge on any atom is -0.207 e. The summed E-state index contributed by atoms with van der Waals surface area (Å²) in [5.74, 6) is -2.71. The maximum Gasteiger partial charge on any atom is 0.381 e. The van der Waals surface area contributed by atoms with E-state index in [0.717, 1.165) is 12.1 Å². The van der Waals surface area contributed by atoms with E-state index in [-0.39, 0.29) is 5.56 Å². The largest absolute Gasteiger partial charge is 0.381 e. The van der Waals surface area contributed by atoms with E-state index >= 15 is 0 Å². The average molecular weight is 408 g/mol. The molecule has 5 rings (SSSR count). The number of aromatic nitrogens is 2. The molecule has 2 nitrogen and oxygen atoms in total. The summed E-state index contributed by atoms with van der Waals surface area (Å²) in [6.07, 6.45) is 2.86. The molecule has 0 N–H and O–H groups in total. The fourth-order valence-corrected chi connectivity index (χ4v) is 4.29. The van der Waals surface area contributed by atoms with E-state index in [1.54, 1.807) is 60.3 Å². The fraction of sp³-hybridized carbons (Fsp3) is 0.0833. The van der Waals surface area contributed by atoms with Crippen LogP contribution in [-0.4, -0.2) is 0 Å². The maximum atomic E-state index is 14.8. The first-order valence-corrected chi connectivity index (χ1v) is 9.41. The summed E-state index contributed by atoms with van der Waals surface area (Å²) in [7, 11) is 0. The molecule has 4 aromatic rings. The number of halogens is 4. The molecule has 3 heterocycles. The van der Waals surface area contributed by atoms with Crippen LogP contribution in [0.3, 0.4) is 0 Å². The third-order valence-electron chi connectivity index (χ3n) is 5.44. The van der Waals surface area contributed by atoms with Gasteiger partial charge in [0.15, 0.2) is 12.4 Å². The molecule has 0 radical (unpaired) electrons. The first-order chi connectivity index (χ1) is 14.5. The van der Waals surface area contributed by atoms with E-state index in [1.165, 1.54) is 12.1 Å². The zero-order chi connectivity index (χ0) is 21.0. The van der Waals surface area contributed by atoms with Gasteiger partial charge in [-0.3, -0.25) is 0 Å². The van der Waals surface area contributed by atoms with Gasteiger partial charge in [-0.05, 0) is 36.8 Å². The number of aryl methyl sites for hydroxylation is 1. The predicted octanol–water partition coefficient (Wildman–Crippen LogP) is 4.87. The lowest BCUT2D eigenvalue weighted by atomic mass is 10.0. The molecular formula is C24H16F4N2+2. The summed E-state index contributed by atoms with van der Waals surface area (Å²) in [4.78, 5) is 0. The van der Waals surface area contributed by atoms with Gasteiger partial charge in [0, 0.05) is 36.4 Å². The number of rotatable bonds is 2. The number of hydrogen-bond donors (Lipinski definition) is 0. The summed E-state index contributed by atoms with van der Waals surface area (Å²) >= 11 is 0. The second-order valence-electron chi connectivity index (χ2n) is 7.29. The van der Waals surface area contributed by atoms with Crippen LogP contribution < -0.4 is 9.13 Å². The summed E-state index contributed by atoms with van der Waals surface area (Å²) in [5, 5.41) is 0. The second kappa shape index (κ2) is 6.76. The zero-order valence-corrected chi connectivity index (χ0v) is 15.9. The molecule has 2 aromatic heterocycles. The Morgan fingerprint density at radius 2 is 1.20 bits per heavy atom. The van der Waals surface area contributed by atoms with Gasteiger partial charge in [0.05, 0.1) is 11.1 Å². The monoisotopic (exact) mass is 408 g/mol. The van der Waals surface area contributed by atoms with Crippen LogP contribution in [0.15, 0.2) is 73.1 Å². The smallest absolute Gasteiger partial charge is 0.207 e. The average Bonchev–Trinajstić information content (AvgIpc) is 3.01. The highest BCUT2D eigenvalue weighted by Gasteiger charge is 2.46. The van der Waals surface area contributed by atoms with Gasteiger partial charge < -0.3 is 0 Å². The lowest BCUT2D eigenvalue weighted by molar-refractivity contribution is -0.920. The molecule has 0 fully saturated rings. The molecule has 1 aliphatic heterocycles. The van der Waals surface area contributed by atoms with E-state index in [1.807, 2.05) is 4.57 Å². The van der Waals surface area contributed by atoms with Crippen molar-refractivity contribution in [3.8, 4) is 22.5 Å². The fourth-order valence-electron chi connectivity index (χ4n) is 4.29. The standard InChI is InChI=1S/C24H16F4N2/c1-14-10-15(25)12-18(27)22(14)20-6-2-4-8-29(20)24-17-11-16(26)13-19(28)23(17)21-7-3-5-9-30(21)24/h2-13,24H,1H3/q+2. The van der Waals surface area contributed by atoms with Gasteiger partial charge in [-0.1, -0.05) is 0 Å². The summed E-state index contributed by atoms with van der Waals surface area (Å²) in [6.45, 7) is 1.63. The minimum absolute atomic E-state index is 0.236. The van der Waals surface area contributed by atoms with Crippen LogP contribution in [0.4, 0.5) is 17.6 Å². The molecule has 2 aromatic carbocycles. The Balaban J connectivity index is 1.83. The molecule has 0 spiro atoms. The van der Waals surface area contributed by atoms with Crippen molar-refractivity contribution in [1.82, 2.24) is 0 Å². The highest BCUT2D eigenvalue weighted by Crippen LogP contribution is 2.36. The number of hydrogen-bond acceptors (Lipinski definition) is 0. The van der Waals surface area contributed by atoms with Crippen LogP contribution in [0.25, 0.3) is 22.5 Å². The molecule has 30 heavy (non-hydrogen) atoms. The van der Waals surface area contributed by atoms with Gasteiger partial charge in [-0.15, -0.1) is 9.13 Å². The van der Waals surface area contributed by atoms with Gasteiger partial charge in [0.2, 0.25) is 11.4 Å². The molecule has 0 amide bonds. The molecule has 6 heteroatoms. The molecule has 0 aliphatic carbocycles. The molecule has 1 unspecified atom stereocenters. The van der Waals surface area contributed by atoms with Crippen molar-refractivity contribution < 1.29 is 26.7 Å². The number of benzene rings is 2. The second-order valence-corrected chi connectivity index (χ2v) is 7.29. The normalized spacial score (nSPS) is 14.5.